The summed E-state index contributed by atoms with van der Waals surface area (Å²) < 4.78 is 162. The number of fused-ring (bicyclic) bond motifs is 2. The summed E-state index contributed by atoms with van der Waals surface area (Å²) >= 11 is 11.7. The van der Waals surface area contributed by atoms with Gasteiger partial charge in [-0.3, -0.25) is 9.59 Å². The van der Waals surface area contributed by atoms with E-state index in [0.717, 1.165) is 89.8 Å². The topological polar surface area (TPSA) is 272 Å². The van der Waals surface area contributed by atoms with Crippen LogP contribution in [0.15, 0.2) is 232 Å². The molecule has 11 aromatic rings. The molecule has 1 fully saturated rings. The number of carbonyl (C=O) groups excluding carboxylic acids is 2. The van der Waals surface area contributed by atoms with Crippen molar-refractivity contribution in [3.05, 3.63) is 307 Å². The molecule has 1 aliphatic heterocycles. The van der Waals surface area contributed by atoms with Crippen molar-refractivity contribution in [3.8, 4) is 41.7 Å². The molecule has 0 saturated carbocycles. The zero-order valence-corrected chi connectivity index (χ0v) is 72.0. The first kappa shape index (κ1) is 108. The van der Waals surface area contributed by atoms with Crippen LogP contribution in [0.25, 0.3) is 33.2 Å². The second kappa shape index (κ2) is 54.4. The normalized spacial score (nSPS) is 11.7. The zero-order valence-electron chi connectivity index (χ0n) is 65.5. The van der Waals surface area contributed by atoms with Crippen molar-refractivity contribution in [3.63, 3.8) is 0 Å². The molecule has 8 heterocycles. The molecule has 2 unspecified atom stereocenters. The van der Waals surface area contributed by atoms with E-state index >= 15 is 0 Å². The number of nitrogens with zero attached hydrogens (tertiary/aromatic N) is 14. The van der Waals surface area contributed by atoms with E-state index in [1.807, 2.05) is 47.2 Å². The molecule has 2 atom stereocenters. The SMILES string of the molecule is C1CCOC1.C=CCn1cc(C(=O)C(F)(F)F)cc1C#N.C=CCn1cc(C(O)(c2ccc3c(cnn3-c3ccc(F)cc3)c2)C(F)(F)F)cc1C#N.C=CCn1cc(C(O)C(F)(F)F)cc1C#N.C=CCn1cc(C=O)cc1C#N.C=CCn1cccc1C#N.COC(Cl)Cl.Fc1ccc(-n2ncc3cc(Br)ccc32)cc1.[CH2-]CCC.[Cl][Al]([Cl])[Cl].[Li+]. The number of benzene rings is 4. The first-order valence-electron chi connectivity index (χ1n) is 35.2. The molecule has 7 aromatic heterocycles. The number of hydrogen-bond acceptors (Lipinski definition) is 13. The summed E-state index contributed by atoms with van der Waals surface area (Å²) in [5.41, 5.74) is -0.571. The Morgan fingerprint density at radius 3 is 1.43 bits per heavy atom. The smallest absolute Gasteiger partial charge is 0.381 e. The summed E-state index contributed by atoms with van der Waals surface area (Å²) in [5, 5.41) is 72.9. The monoisotopic (exact) mass is 1860 g/mol. The number of ether oxygens (including phenoxy) is 2. The Hall–Kier alpha value is -10.2. The van der Waals surface area contributed by atoms with Crippen LogP contribution in [0.3, 0.4) is 0 Å². The summed E-state index contributed by atoms with van der Waals surface area (Å²) in [7, 11) is 16.3. The fraction of sp³-hybridized carbons (Fsp3) is 0.229. The van der Waals surface area contributed by atoms with Gasteiger partial charge in [0.15, 0.2) is 12.4 Å². The Morgan fingerprint density at radius 1 is 0.615 bits per heavy atom. The van der Waals surface area contributed by atoms with Crippen LogP contribution in [-0.4, -0.2) is 120 Å². The summed E-state index contributed by atoms with van der Waals surface area (Å²) in [5.74, 6) is -2.62. The Balaban J connectivity index is 0.000000491. The van der Waals surface area contributed by atoms with E-state index in [0.29, 0.717) is 46.6 Å². The summed E-state index contributed by atoms with van der Waals surface area (Å²) in [6.45, 7) is 27.0. The average molecular weight is 1870 g/mol. The van der Waals surface area contributed by atoms with E-state index in [2.05, 4.69) is 83.7 Å². The first-order chi connectivity index (χ1) is 57.3. The maximum atomic E-state index is 14.2. The molecule has 1 saturated heterocycles. The number of allylic oxidation sites excluding steroid dienone is 5. The number of ketones is 1. The molecule has 638 valence electrons. The van der Waals surface area contributed by atoms with Gasteiger partial charge in [-0.2, -0.15) is 82.4 Å². The largest absolute Gasteiger partial charge is 1.00 e. The minimum Gasteiger partial charge on any atom is -0.381 e. The number of Topliss-reactive ketones (excluding diaryl/α,β-unsaturated/α-hetero) is 1. The second-order valence-electron chi connectivity index (χ2n) is 24.3. The van der Waals surface area contributed by atoms with Crippen molar-refractivity contribution in [2.75, 3.05) is 20.3 Å². The summed E-state index contributed by atoms with van der Waals surface area (Å²) in [6, 6.07) is 39.0. The maximum Gasteiger partial charge on any atom is 1.00 e. The van der Waals surface area contributed by atoms with Gasteiger partial charge in [-0.25, -0.2) is 48.3 Å². The number of alkyl halides is 11. The van der Waals surface area contributed by atoms with Crippen LogP contribution in [0.4, 0.5) is 48.3 Å². The third-order valence-corrected chi connectivity index (χ3v) is 16.6. The standard InChI is InChI=1S/C23H16F4N4O.C13H8BrFN2.C10H9F3N2O.C10H7F3N2O.C9H8N2O.C8H8N2.C4H8O.C4H9.C2H4Cl2O.Al.3ClH.Li/c1-2-9-30-14-17(11-20(30)12-28)22(32,23(25,26)27)16-3-8-21-15(10-16)13-29-31(21)19-6-4-18(24)5-7-19;14-10-1-6-13-9(7-10)8-16-17(13)12-4-2-11(15)3-5-12;2*1-2-3-15-6-7(4-8(15)5-14)9(16)10(11,12)13;1-2-3-11-6-8(7-12)4-9(11)5-10;1-2-5-10-6-3-4-8(10)7-9;1-2-4-5-3-1;1-3-4-2;1-5-2(3)4;;;;;/h2-8,10-11,13-14,32H,1,9H2;1-8H;2,4,6,9,16H,1,3H2;2,4,6H,1,3H2;2,4,6-7H,1,3H2;2-4,6H,1,5H2;1-4H2;1,3-4H2,2H3;2H,1H3;;3*1H;/q;;;;;;;-1;;+3;;;;+1/p-3. The van der Waals surface area contributed by atoms with Crippen molar-refractivity contribution < 1.29 is 96.4 Å². The molecule has 0 aliphatic carbocycles. The third kappa shape index (κ3) is 33.9. The van der Waals surface area contributed by atoms with Crippen molar-refractivity contribution in [1.82, 2.24) is 42.4 Å². The number of carbonyl (C=O) groups is 2. The average Bonchev–Trinajstić information content (AvgIpc) is 1.68. The van der Waals surface area contributed by atoms with Gasteiger partial charge in [0, 0.05) is 122 Å². The predicted octanol–water partition coefficient (Wildman–Crippen LogP) is 18.6. The number of aromatic nitrogens is 9. The Bertz CT molecular complexity index is 5380. The molecule has 0 bridgehead atoms. The van der Waals surface area contributed by atoms with E-state index in [-0.39, 0.29) is 67.0 Å². The van der Waals surface area contributed by atoms with Gasteiger partial charge in [0.25, 0.3) is 5.78 Å². The van der Waals surface area contributed by atoms with Gasteiger partial charge in [0.05, 0.1) is 34.8 Å². The molecular weight excluding hydrogens is 1790 g/mol. The molecule has 4 aromatic carbocycles. The van der Waals surface area contributed by atoms with Crippen LogP contribution < -0.4 is 18.9 Å². The fourth-order valence-electron chi connectivity index (χ4n) is 10.2. The number of unbranched alkanes of at least 4 members (excludes halogenated alkanes) is 1. The number of aliphatic hydroxyl groups excluding tert-OH is 1. The van der Waals surface area contributed by atoms with Gasteiger partial charge in [-0.1, -0.05) is 88.9 Å². The quantitative estimate of drug-likeness (QED) is 0.0145. The fourth-order valence-corrected chi connectivity index (χ4v) is 10.5. The predicted molar refractivity (Wildman–Crippen MR) is 448 cm³/mol. The van der Waals surface area contributed by atoms with Crippen LogP contribution in [-0.2, 0) is 47.8 Å². The van der Waals surface area contributed by atoms with Crippen molar-refractivity contribution >= 4 is 115 Å². The van der Waals surface area contributed by atoms with Crippen LogP contribution in [0.2, 0.25) is 0 Å². The Labute approximate surface area is 744 Å². The van der Waals surface area contributed by atoms with Gasteiger partial charge in [0.1, 0.15) is 70.5 Å². The van der Waals surface area contributed by atoms with Crippen molar-refractivity contribution in [2.45, 2.75) is 101 Å². The van der Waals surface area contributed by atoms with E-state index in [4.69, 9.17) is 84.2 Å². The number of halogens is 17. The summed E-state index contributed by atoms with van der Waals surface area (Å²) in [6.07, 6.45) is 5.86. The van der Waals surface area contributed by atoms with E-state index in [1.54, 1.807) is 70.2 Å². The van der Waals surface area contributed by atoms with Crippen LogP contribution in [0, 0.1) is 75.2 Å². The minimum atomic E-state index is -5.07. The summed E-state index contributed by atoms with van der Waals surface area (Å²) in [4.78, 5) is 21.2. The van der Waals surface area contributed by atoms with E-state index < -0.39 is 74.9 Å². The number of nitriles is 5. The molecule has 2 N–H and O–H groups in total. The molecule has 39 heteroatoms. The van der Waals surface area contributed by atoms with Gasteiger partial charge >= 0.3 is 48.8 Å². The second-order valence-corrected chi connectivity index (χ2v) is 32.6. The van der Waals surface area contributed by atoms with Gasteiger partial charge in [0.2, 0.25) is 10.6 Å². The first-order valence-corrected chi connectivity index (χ1v) is 42.1. The van der Waals surface area contributed by atoms with Gasteiger partial charge in [-0.15, -0.1) is 32.9 Å². The van der Waals surface area contributed by atoms with Gasteiger partial charge < -0.3 is 49.4 Å². The number of rotatable bonds is 19. The number of aliphatic hydroxyl groups is 2. The number of hydrogen-bond donors (Lipinski definition) is 2. The number of aldehydes is 1. The molecule has 122 heavy (non-hydrogen) atoms. The molecule has 20 nitrogen and oxygen atoms in total. The molecule has 0 radical (unpaired) electrons. The molecule has 1 aliphatic rings. The molecule has 0 spiro atoms. The minimum absolute atomic E-state index is 0. The van der Waals surface area contributed by atoms with Crippen LogP contribution in [0.5, 0.6) is 0 Å². The Kier molecular flexibility index (Phi) is 48.1. The number of methoxy groups -OCH3 is 1. The van der Waals surface area contributed by atoms with Crippen LogP contribution >= 0.6 is 69.3 Å². The molecule has 12 rings (SSSR count). The van der Waals surface area contributed by atoms with Crippen LogP contribution in [0.1, 0.15) is 105 Å². The Morgan fingerprint density at radius 2 is 1.02 bits per heavy atom. The van der Waals surface area contributed by atoms with E-state index in [1.165, 1.54) is 118 Å². The zero-order chi connectivity index (χ0) is 90.8. The van der Waals surface area contributed by atoms with E-state index in [9.17, 15) is 68.3 Å². The van der Waals surface area contributed by atoms with Crippen molar-refractivity contribution in [2.24, 2.45) is 0 Å². The maximum absolute atomic E-state index is 14.2. The third-order valence-electron chi connectivity index (χ3n) is 15.8. The van der Waals surface area contributed by atoms with Gasteiger partial charge in [-0.05, 0) is 134 Å². The van der Waals surface area contributed by atoms with Crippen molar-refractivity contribution in [1.29, 1.82) is 26.3 Å². The molecular formula is C83H77AlBrCl5F11LiN14O6. The molecule has 0 amide bonds.